The van der Waals surface area contributed by atoms with E-state index in [0.717, 1.165) is 11.3 Å². The van der Waals surface area contributed by atoms with Gasteiger partial charge >= 0.3 is 5.97 Å². The number of thioether (sulfide) groups is 1. The topological polar surface area (TPSA) is 103 Å². The lowest BCUT2D eigenvalue weighted by Gasteiger charge is -2.00. The molecule has 6 nitrogen and oxygen atoms in total. The Kier molecular flexibility index (Phi) is 5.61. The summed E-state index contributed by atoms with van der Waals surface area (Å²) in [5, 5.41) is 20.3. The molecule has 0 unspecified atom stereocenters. The molecule has 0 saturated carbocycles. The summed E-state index contributed by atoms with van der Waals surface area (Å²) in [4.78, 5) is 26.4. The first-order chi connectivity index (χ1) is 8.54. The minimum absolute atomic E-state index is 0.193. The number of nitriles is 1. The minimum atomic E-state index is -1.01. The molecule has 0 aliphatic heterocycles. The van der Waals surface area contributed by atoms with Crippen molar-refractivity contribution in [1.29, 1.82) is 5.26 Å². The minimum Gasteiger partial charge on any atom is -0.477 e. The second-order valence-electron chi connectivity index (χ2n) is 3.25. The van der Waals surface area contributed by atoms with Gasteiger partial charge in [0.2, 0.25) is 5.91 Å². The van der Waals surface area contributed by atoms with Gasteiger partial charge in [0, 0.05) is 0 Å². The fraction of sp³-hybridized carbons (Fsp3) is 0.400. The molecule has 2 N–H and O–H groups in total. The van der Waals surface area contributed by atoms with E-state index in [0.29, 0.717) is 10.7 Å². The number of hydrogen-bond donors (Lipinski definition) is 2. The van der Waals surface area contributed by atoms with E-state index in [9.17, 15) is 9.59 Å². The normalized spacial score (nSPS) is 9.78. The number of carbonyl (C=O) groups is 2. The molecule has 0 fully saturated rings. The molecule has 1 rings (SSSR count). The molecule has 0 saturated heterocycles. The van der Waals surface area contributed by atoms with Crippen molar-refractivity contribution >= 4 is 35.0 Å². The van der Waals surface area contributed by atoms with Crippen LogP contribution in [0.15, 0.2) is 0 Å². The van der Waals surface area contributed by atoms with E-state index in [4.69, 9.17) is 10.4 Å². The van der Waals surface area contributed by atoms with Crippen molar-refractivity contribution in [3.05, 3.63) is 15.6 Å². The Hall–Kier alpha value is -1.59. The van der Waals surface area contributed by atoms with Gasteiger partial charge in [0.25, 0.3) is 0 Å². The SMILES string of the molecule is Cc1nc(CNC(=O)CSCC#N)sc1C(=O)O. The van der Waals surface area contributed by atoms with Crippen LogP contribution in [-0.2, 0) is 11.3 Å². The number of nitrogens with zero attached hydrogens (tertiary/aromatic N) is 2. The molecule has 0 bridgehead atoms. The van der Waals surface area contributed by atoms with Crippen molar-refractivity contribution < 1.29 is 14.7 Å². The number of carbonyl (C=O) groups excluding carboxylic acids is 1. The Bertz CT molecular complexity index is 493. The van der Waals surface area contributed by atoms with Gasteiger partial charge in [-0.3, -0.25) is 4.79 Å². The maximum absolute atomic E-state index is 11.3. The highest BCUT2D eigenvalue weighted by molar-refractivity contribution is 8.00. The summed E-state index contributed by atoms with van der Waals surface area (Å²) in [6.45, 7) is 1.83. The van der Waals surface area contributed by atoms with E-state index in [1.54, 1.807) is 6.92 Å². The molecule has 1 aromatic rings. The molecule has 0 aliphatic carbocycles. The Morgan fingerprint density at radius 3 is 2.89 bits per heavy atom. The molecule has 1 heterocycles. The van der Waals surface area contributed by atoms with Crippen molar-refractivity contribution in [1.82, 2.24) is 10.3 Å². The number of thiazole rings is 1. The molecule has 1 amide bonds. The summed E-state index contributed by atoms with van der Waals surface area (Å²) in [7, 11) is 0. The highest BCUT2D eigenvalue weighted by Crippen LogP contribution is 2.17. The first kappa shape index (κ1) is 14.5. The first-order valence-electron chi connectivity index (χ1n) is 4.95. The van der Waals surface area contributed by atoms with Crippen LogP contribution in [-0.4, -0.2) is 33.5 Å². The van der Waals surface area contributed by atoms with E-state index >= 15 is 0 Å². The summed E-state index contributed by atoms with van der Waals surface area (Å²) >= 11 is 2.28. The van der Waals surface area contributed by atoms with Gasteiger partial charge in [0.05, 0.1) is 29.8 Å². The predicted octanol–water partition coefficient (Wildman–Crippen LogP) is 1.02. The second kappa shape index (κ2) is 6.98. The van der Waals surface area contributed by atoms with Crippen LogP contribution < -0.4 is 5.32 Å². The number of aromatic nitrogens is 1. The van der Waals surface area contributed by atoms with E-state index in [1.807, 2.05) is 6.07 Å². The Morgan fingerprint density at radius 2 is 2.33 bits per heavy atom. The highest BCUT2D eigenvalue weighted by atomic mass is 32.2. The maximum Gasteiger partial charge on any atom is 0.347 e. The number of rotatable bonds is 6. The van der Waals surface area contributed by atoms with Crippen LogP contribution in [0.5, 0.6) is 0 Å². The molecule has 18 heavy (non-hydrogen) atoms. The van der Waals surface area contributed by atoms with Crippen LogP contribution in [0.1, 0.15) is 20.4 Å². The number of carboxylic acids is 1. The summed E-state index contributed by atoms with van der Waals surface area (Å²) < 4.78 is 0. The predicted molar refractivity (Wildman–Crippen MR) is 68.6 cm³/mol. The average molecular weight is 285 g/mol. The van der Waals surface area contributed by atoms with E-state index in [1.165, 1.54) is 11.8 Å². The van der Waals surface area contributed by atoms with Gasteiger partial charge in [0.1, 0.15) is 9.88 Å². The summed E-state index contributed by atoms with van der Waals surface area (Å²) in [5.74, 6) is -0.719. The van der Waals surface area contributed by atoms with Crippen LogP contribution in [0.3, 0.4) is 0 Å². The second-order valence-corrected chi connectivity index (χ2v) is 5.32. The van der Waals surface area contributed by atoms with E-state index in [2.05, 4.69) is 10.3 Å². The number of amides is 1. The lowest BCUT2D eigenvalue weighted by Crippen LogP contribution is -2.24. The van der Waals surface area contributed by atoms with Crippen LogP contribution in [0.2, 0.25) is 0 Å². The molecular formula is C10H11N3O3S2. The van der Waals surface area contributed by atoms with Crippen molar-refractivity contribution in [3.8, 4) is 6.07 Å². The summed E-state index contributed by atoms with van der Waals surface area (Å²) in [6, 6.07) is 1.93. The fourth-order valence-electron chi connectivity index (χ4n) is 1.14. The number of aryl methyl sites for hydroxylation is 1. The third-order valence-electron chi connectivity index (χ3n) is 1.87. The molecule has 0 spiro atoms. The molecule has 96 valence electrons. The van der Waals surface area contributed by atoms with Gasteiger partial charge in [-0.15, -0.1) is 23.1 Å². The lowest BCUT2D eigenvalue weighted by molar-refractivity contribution is -0.118. The summed E-state index contributed by atoms with van der Waals surface area (Å²) in [5.41, 5.74) is 0.454. The van der Waals surface area contributed by atoms with Gasteiger partial charge in [-0.1, -0.05) is 0 Å². The largest absolute Gasteiger partial charge is 0.477 e. The number of carboxylic acid groups (broad SMARTS) is 1. The Morgan fingerprint density at radius 1 is 1.61 bits per heavy atom. The fourth-order valence-corrected chi connectivity index (χ4v) is 2.46. The van der Waals surface area contributed by atoms with Crippen LogP contribution >= 0.6 is 23.1 Å². The first-order valence-corrected chi connectivity index (χ1v) is 6.92. The maximum atomic E-state index is 11.3. The molecular weight excluding hydrogens is 274 g/mol. The van der Waals surface area contributed by atoms with Crippen LogP contribution in [0.25, 0.3) is 0 Å². The average Bonchev–Trinajstić information content (AvgIpc) is 2.68. The zero-order valence-electron chi connectivity index (χ0n) is 9.60. The molecule has 0 atom stereocenters. The Balaban J connectivity index is 2.44. The smallest absolute Gasteiger partial charge is 0.347 e. The molecule has 8 heteroatoms. The van der Waals surface area contributed by atoms with Crippen molar-refractivity contribution in [2.75, 3.05) is 11.5 Å². The standard InChI is InChI=1S/C10H11N3O3S2/c1-6-9(10(15)16)18-8(13-6)4-12-7(14)5-17-3-2-11/h3-5H2,1H3,(H,12,14)(H,15,16). The quantitative estimate of drug-likeness (QED) is 0.756. The zero-order valence-corrected chi connectivity index (χ0v) is 11.2. The van der Waals surface area contributed by atoms with Crippen LogP contribution in [0, 0.1) is 18.3 Å². The summed E-state index contributed by atoms with van der Waals surface area (Å²) in [6.07, 6.45) is 0. The highest BCUT2D eigenvalue weighted by Gasteiger charge is 2.14. The Labute approximate surface area is 112 Å². The van der Waals surface area contributed by atoms with Crippen molar-refractivity contribution in [2.24, 2.45) is 0 Å². The third kappa shape index (κ3) is 4.35. The van der Waals surface area contributed by atoms with E-state index in [-0.39, 0.29) is 28.8 Å². The zero-order chi connectivity index (χ0) is 13.5. The molecule has 0 aliphatic rings. The third-order valence-corrected chi connectivity index (χ3v) is 3.82. The lowest BCUT2D eigenvalue weighted by atomic mass is 10.4. The molecule has 0 aromatic carbocycles. The van der Waals surface area contributed by atoms with Gasteiger partial charge in [-0.05, 0) is 6.92 Å². The van der Waals surface area contributed by atoms with Crippen molar-refractivity contribution in [2.45, 2.75) is 13.5 Å². The number of aromatic carboxylic acids is 1. The van der Waals surface area contributed by atoms with Crippen molar-refractivity contribution in [3.63, 3.8) is 0 Å². The van der Waals surface area contributed by atoms with Crippen LogP contribution in [0.4, 0.5) is 0 Å². The van der Waals surface area contributed by atoms with Gasteiger partial charge in [-0.2, -0.15) is 5.26 Å². The molecule has 1 aromatic heterocycles. The van der Waals surface area contributed by atoms with E-state index < -0.39 is 5.97 Å². The number of hydrogen-bond acceptors (Lipinski definition) is 6. The monoisotopic (exact) mass is 285 g/mol. The van der Waals surface area contributed by atoms with Gasteiger partial charge in [0.15, 0.2) is 0 Å². The molecule has 0 radical (unpaired) electrons. The number of nitrogens with one attached hydrogen (secondary N) is 1. The van der Waals surface area contributed by atoms with Gasteiger partial charge < -0.3 is 10.4 Å². The van der Waals surface area contributed by atoms with Gasteiger partial charge in [-0.25, -0.2) is 9.78 Å².